The first-order chi connectivity index (χ1) is 16.7. The topological polar surface area (TPSA) is 92.8 Å². The van der Waals surface area contributed by atoms with Crippen LogP contribution in [0.3, 0.4) is 0 Å². The number of amides is 1. The number of hydrogen-bond acceptors (Lipinski definition) is 5. The molecule has 0 spiro atoms. The Morgan fingerprint density at radius 1 is 1.11 bits per heavy atom. The number of rotatable bonds is 7. The van der Waals surface area contributed by atoms with Gasteiger partial charge in [-0.2, -0.15) is 0 Å². The van der Waals surface area contributed by atoms with Gasteiger partial charge in [-0.15, -0.1) is 0 Å². The third-order valence-corrected chi connectivity index (χ3v) is 5.78. The molecule has 0 radical (unpaired) electrons. The second-order valence-electron chi connectivity index (χ2n) is 8.04. The smallest absolute Gasteiger partial charge is 0.276 e. The number of H-pyrrole nitrogens is 1. The molecule has 1 amide bonds. The van der Waals surface area contributed by atoms with E-state index in [0.717, 1.165) is 16.7 Å². The monoisotopic (exact) mass is 477 g/mol. The molecular formula is C26H25F2N5O2. The number of nitrogens with zero attached hydrogens (tertiary/aromatic N) is 3. The molecule has 7 nitrogen and oxygen atoms in total. The third-order valence-electron chi connectivity index (χ3n) is 5.78. The number of alkyl halides is 2. The molecule has 35 heavy (non-hydrogen) atoms. The number of methoxy groups -OCH3 is 1. The third kappa shape index (κ3) is 4.75. The lowest BCUT2D eigenvalue weighted by Gasteiger charge is -2.15. The van der Waals surface area contributed by atoms with Crippen molar-refractivity contribution in [1.29, 1.82) is 0 Å². The second-order valence-corrected chi connectivity index (χ2v) is 8.04. The molecule has 180 valence electrons. The normalized spacial score (nSPS) is 11.4. The molecule has 2 aromatic carbocycles. The van der Waals surface area contributed by atoms with E-state index >= 15 is 0 Å². The van der Waals surface area contributed by atoms with Crippen LogP contribution >= 0.6 is 0 Å². The summed E-state index contributed by atoms with van der Waals surface area (Å²) in [5, 5.41) is 2.68. The van der Waals surface area contributed by atoms with Gasteiger partial charge >= 0.3 is 0 Å². The first-order valence-electron chi connectivity index (χ1n) is 11.1. The second kappa shape index (κ2) is 9.61. The summed E-state index contributed by atoms with van der Waals surface area (Å²) < 4.78 is 33.7. The largest absolute Gasteiger partial charge is 0.496 e. The highest BCUT2D eigenvalue weighted by Gasteiger charge is 2.29. The van der Waals surface area contributed by atoms with Crippen molar-refractivity contribution >= 4 is 11.6 Å². The zero-order valence-corrected chi connectivity index (χ0v) is 19.8. The summed E-state index contributed by atoms with van der Waals surface area (Å²) in [5.74, 6) is -1.87. The number of ether oxygens (including phenoxy) is 1. The fourth-order valence-electron chi connectivity index (χ4n) is 3.85. The van der Waals surface area contributed by atoms with Gasteiger partial charge in [0, 0.05) is 41.3 Å². The number of anilines is 1. The Morgan fingerprint density at radius 3 is 2.54 bits per heavy atom. The number of aryl methyl sites for hydroxylation is 1. The quantitative estimate of drug-likeness (QED) is 0.345. The highest BCUT2D eigenvalue weighted by atomic mass is 19.3. The van der Waals surface area contributed by atoms with Crippen LogP contribution in [0.5, 0.6) is 5.75 Å². The van der Waals surface area contributed by atoms with Crippen molar-refractivity contribution < 1.29 is 18.3 Å². The molecule has 0 aliphatic rings. The Labute approximate surface area is 201 Å². The summed E-state index contributed by atoms with van der Waals surface area (Å²) in [4.78, 5) is 29.3. The molecule has 9 heteroatoms. The highest BCUT2D eigenvalue weighted by Crippen LogP contribution is 2.37. The summed E-state index contributed by atoms with van der Waals surface area (Å²) >= 11 is 0. The molecule has 0 saturated heterocycles. The summed E-state index contributed by atoms with van der Waals surface area (Å²) in [6.07, 6.45) is 2.97. The van der Waals surface area contributed by atoms with Crippen LogP contribution in [-0.2, 0) is 5.92 Å². The average molecular weight is 478 g/mol. The van der Waals surface area contributed by atoms with Gasteiger partial charge in [0.25, 0.3) is 11.8 Å². The van der Waals surface area contributed by atoms with Crippen molar-refractivity contribution in [2.24, 2.45) is 0 Å². The van der Waals surface area contributed by atoms with E-state index in [9.17, 15) is 13.6 Å². The fourth-order valence-corrected chi connectivity index (χ4v) is 3.85. The summed E-state index contributed by atoms with van der Waals surface area (Å²) in [7, 11) is 1.58. The molecule has 2 N–H and O–H groups in total. The predicted molar refractivity (Wildman–Crippen MR) is 130 cm³/mol. The minimum atomic E-state index is -2.97. The van der Waals surface area contributed by atoms with Gasteiger partial charge in [-0.05, 0) is 49.7 Å². The van der Waals surface area contributed by atoms with Gasteiger partial charge in [-0.25, -0.2) is 23.7 Å². The molecule has 0 fully saturated rings. The van der Waals surface area contributed by atoms with E-state index in [0.29, 0.717) is 23.1 Å². The van der Waals surface area contributed by atoms with Gasteiger partial charge in [-0.3, -0.25) is 4.79 Å². The number of imidazole rings is 1. The van der Waals surface area contributed by atoms with Crippen LogP contribution in [0.15, 0.2) is 54.9 Å². The molecule has 2 heterocycles. The number of halogens is 2. The van der Waals surface area contributed by atoms with E-state index in [2.05, 4.69) is 25.3 Å². The molecular weight excluding hydrogens is 452 g/mol. The number of nitrogens with one attached hydrogen (secondary N) is 2. The number of hydrogen-bond donors (Lipinski definition) is 2. The molecule has 0 aliphatic heterocycles. The number of aromatic amines is 1. The van der Waals surface area contributed by atoms with E-state index in [4.69, 9.17) is 4.74 Å². The predicted octanol–water partition coefficient (Wildman–Crippen LogP) is 5.91. The van der Waals surface area contributed by atoms with E-state index in [1.165, 1.54) is 25.1 Å². The van der Waals surface area contributed by atoms with E-state index in [-0.39, 0.29) is 23.4 Å². The molecule has 0 bridgehead atoms. The molecule has 4 rings (SSSR count). The standard InChI is InChI=1S/C26H25F2N5O2/c1-5-26(27,28)17-8-6-9-18(14-17)32-25(34)22-16(3)31-23(33-22)19-10-11-20(35-4)21(15(19)2)24-29-12-7-13-30-24/h6-14H,5H2,1-4H3,(H,31,33)(H,32,34). The average Bonchev–Trinajstić information content (AvgIpc) is 3.25. The number of benzene rings is 2. The van der Waals surface area contributed by atoms with Crippen LogP contribution < -0.4 is 10.1 Å². The van der Waals surface area contributed by atoms with Crippen molar-refractivity contribution in [1.82, 2.24) is 19.9 Å². The zero-order chi connectivity index (χ0) is 25.2. The van der Waals surface area contributed by atoms with Gasteiger partial charge in [0.1, 0.15) is 17.3 Å². The lowest BCUT2D eigenvalue weighted by atomic mass is 10.00. The van der Waals surface area contributed by atoms with Crippen molar-refractivity contribution in [3.8, 4) is 28.5 Å². The van der Waals surface area contributed by atoms with Gasteiger partial charge in [-0.1, -0.05) is 19.1 Å². The van der Waals surface area contributed by atoms with Crippen LogP contribution in [0.1, 0.15) is 40.7 Å². The maximum absolute atomic E-state index is 14.1. The Balaban J connectivity index is 1.67. The SMILES string of the molecule is CCC(F)(F)c1cccc(NC(=O)c2nc(-c3ccc(OC)c(-c4ncccn4)c3C)[nH]c2C)c1. The van der Waals surface area contributed by atoms with E-state index in [1.54, 1.807) is 44.6 Å². The van der Waals surface area contributed by atoms with Crippen molar-refractivity contribution in [3.63, 3.8) is 0 Å². The number of carbonyl (C=O) groups is 1. The van der Waals surface area contributed by atoms with Crippen LogP contribution in [0.4, 0.5) is 14.5 Å². The highest BCUT2D eigenvalue weighted by molar-refractivity contribution is 6.04. The van der Waals surface area contributed by atoms with Crippen molar-refractivity contribution in [2.45, 2.75) is 33.1 Å². The molecule has 0 saturated carbocycles. The minimum absolute atomic E-state index is 0.151. The molecule has 2 aromatic heterocycles. The van der Waals surface area contributed by atoms with Gasteiger partial charge in [0.2, 0.25) is 0 Å². The van der Waals surface area contributed by atoms with Crippen LogP contribution in [-0.4, -0.2) is 33.0 Å². The summed E-state index contributed by atoms with van der Waals surface area (Å²) in [6, 6.07) is 11.1. The Morgan fingerprint density at radius 2 is 1.86 bits per heavy atom. The van der Waals surface area contributed by atoms with Crippen molar-refractivity contribution in [3.05, 3.63) is 77.4 Å². The first kappa shape index (κ1) is 24.0. The Kier molecular flexibility index (Phi) is 6.59. The maximum atomic E-state index is 14.1. The van der Waals surface area contributed by atoms with Gasteiger partial charge < -0.3 is 15.0 Å². The van der Waals surface area contributed by atoms with Crippen LogP contribution in [0.25, 0.3) is 22.8 Å². The first-order valence-corrected chi connectivity index (χ1v) is 11.1. The molecule has 0 atom stereocenters. The minimum Gasteiger partial charge on any atom is -0.496 e. The Bertz CT molecular complexity index is 1370. The Hall–Kier alpha value is -4.14. The van der Waals surface area contributed by atoms with Crippen LogP contribution in [0.2, 0.25) is 0 Å². The summed E-state index contributed by atoms with van der Waals surface area (Å²) in [6.45, 7) is 5.05. The maximum Gasteiger partial charge on any atom is 0.276 e. The fraction of sp³-hybridized carbons (Fsp3) is 0.231. The van der Waals surface area contributed by atoms with Gasteiger partial charge in [0.05, 0.1) is 12.7 Å². The van der Waals surface area contributed by atoms with Crippen molar-refractivity contribution in [2.75, 3.05) is 12.4 Å². The number of carbonyl (C=O) groups excluding carboxylic acids is 1. The van der Waals surface area contributed by atoms with Crippen LogP contribution in [0, 0.1) is 13.8 Å². The number of aromatic nitrogens is 4. The lowest BCUT2D eigenvalue weighted by Crippen LogP contribution is -2.16. The van der Waals surface area contributed by atoms with E-state index in [1.807, 2.05) is 13.0 Å². The van der Waals surface area contributed by atoms with Gasteiger partial charge in [0.15, 0.2) is 5.82 Å². The molecule has 0 unspecified atom stereocenters. The molecule has 4 aromatic rings. The zero-order valence-electron chi connectivity index (χ0n) is 19.8. The van der Waals surface area contributed by atoms with E-state index < -0.39 is 11.8 Å². The molecule has 0 aliphatic carbocycles. The summed E-state index contributed by atoms with van der Waals surface area (Å²) in [5.41, 5.74) is 3.13. The lowest BCUT2D eigenvalue weighted by molar-refractivity contribution is -0.00824.